The molecule has 2 unspecified atom stereocenters. The van der Waals surface area contributed by atoms with Crippen LogP contribution in [0.3, 0.4) is 0 Å². The lowest BCUT2D eigenvalue weighted by Crippen LogP contribution is -2.45. The number of hydrogen-bond donors (Lipinski definition) is 1. The second-order valence-corrected chi connectivity index (χ2v) is 9.96. The van der Waals surface area contributed by atoms with E-state index >= 15 is 0 Å². The molecule has 3 saturated heterocycles. The van der Waals surface area contributed by atoms with Gasteiger partial charge in [-0.05, 0) is 69.2 Å². The highest BCUT2D eigenvalue weighted by Gasteiger charge is 2.39. The van der Waals surface area contributed by atoms with E-state index in [9.17, 15) is 0 Å². The molecule has 3 fully saturated rings. The Hall–Kier alpha value is -3.23. The van der Waals surface area contributed by atoms with Crippen molar-refractivity contribution in [2.75, 3.05) is 41.4 Å². The average molecular weight is 473 g/mol. The zero-order chi connectivity index (χ0) is 23.9. The van der Waals surface area contributed by atoms with Crippen molar-refractivity contribution in [1.82, 2.24) is 15.0 Å². The number of anilines is 4. The molecule has 182 valence electrons. The van der Waals surface area contributed by atoms with Gasteiger partial charge in [0.2, 0.25) is 5.95 Å². The summed E-state index contributed by atoms with van der Waals surface area (Å²) >= 11 is 0. The molecule has 1 aromatic carbocycles. The number of aromatic nitrogens is 3. The van der Waals surface area contributed by atoms with Gasteiger partial charge in [0.1, 0.15) is 5.82 Å². The van der Waals surface area contributed by atoms with E-state index in [1.54, 1.807) is 6.20 Å². The van der Waals surface area contributed by atoms with Gasteiger partial charge in [0, 0.05) is 49.0 Å². The summed E-state index contributed by atoms with van der Waals surface area (Å²) in [6.45, 7) is 9.89. The number of nitrogens with zero attached hydrogens (tertiary/aromatic N) is 5. The predicted molar refractivity (Wildman–Crippen MR) is 137 cm³/mol. The number of pyridine rings is 1. The quantitative estimate of drug-likeness (QED) is 0.593. The van der Waals surface area contributed by atoms with Crippen LogP contribution in [0.2, 0.25) is 0 Å². The first-order chi connectivity index (χ1) is 17.0. The molecule has 6 rings (SSSR count). The van der Waals surface area contributed by atoms with Gasteiger partial charge in [-0.2, -0.15) is 0 Å². The van der Waals surface area contributed by atoms with Crippen molar-refractivity contribution in [1.29, 1.82) is 0 Å². The van der Waals surface area contributed by atoms with E-state index in [-0.39, 0.29) is 12.2 Å². The Labute approximate surface area is 206 Å². The van der Waals surface area contributed by atoms with Crippen molar-refractivity contribution in [2.24, 2.45) is 0 Å². The second-order valence-electron chi connectivity index (χ2n) is 9.96. The molecule has 3 aliphatic heterocycles. The zero-order valence-electron chi connectivity index (χ0n) is 20.5. The summed E-state index contributed by atoms with van der Waals surface area (Å²) in [5.41, 5.74) is 5.31. The first-order valence-electron chi connectivity index (χ1n) is 12.5. The van der Waals surface area contributed by atoms with E-state index in [0.717, 1.165) is 55.4 Å². The number of morpholine rings is 2. The highest BCUT2D eigenvalue weighted by Crippen LogP contribution is 2.35. The number of nitrogens with one attached hydrogen (secondary N) is 1. The van der Waals surface area contributed by atoms with Crippen molar-refractivity contribution < 1.29 is 9.47 Å². The maximum absolute atomic E-state index is 5.84. The smallest absolute Gasteiger partial charge is 0.227 e. The molecule has 8 nitrogen and oxygen atoms in total. The number of fused-ring (bicyclic) bond motifs is 2. The van der Waals surface area contributed by atoms with Crippen molar-refractivity contribution >= 4 is 23.1 Å². The van der Waals surface area contributed by atoms with E-state index < -0.39 is 0 Å². The van der Waals surface area contributed by atoms with Crippen molar-refractivity contribution in [2.45, 2.75) is 51.5 Å². The van der Waals surface area contributed by atoms with E-state index in [1.165, 1.54) is 11.3 Å². The summed E-state index contributed by atoms with van der Waals surface area (Å²) in [5.74, 6) is 1.54. The van der Waals surface area contributed by atoms with Crippen LogP contribution in [0.5, 0.6) is 0 Å². The third-order valence-electron chi connectivity index (χ3n) is 7.11. The normalized spacial score (nSPS) is 25.8. The molecule has 1 N–H and O–H groups in total. The van der Waals surface area contributed by atoms with Gasteiger partial charge in [-0.1, -0.05) is 0 Å². The topological polar surface area (TPSA) is 75.6 Å². The maximum atomic E-state index is 5.84. The molecule has 3 aliphatic rings. The van der Waals surface area contributed by atoms with Gasteiger partial charge in [-0.25, -0.2) is 15.0 Å². The molecule has 0 spiro atoms. The Morgan fingerprint density at radius 2 is 1.86 bits per heavy atom. The van der Waals surface area contributed by atoms with Crippen LogP contribution in [0.25, 0.3) is 11.3 Å². The monoisotopic (exact) mass is 472 g/mol. The summed E-state index contributed by atoms with van der Waals surface area (Å²) in [5, 5.41) is 3.37. The van der Waals surface area contributed by atoms with Gasteiger partial charge in [-0.3, -0.25) is 0 Å². The Kier molecular flexibility index (Phi) is 5.78. The van der Waals surface area contributed by atoms with Crippen LogP contribution in [-0.4, -0.2) is 65.5 Å². The van der Waals surface area contributed by atoms with Crippen LogP contribution >= 0.6 is 0 Å². The fourth-order valence-electron chi connectivity index (χ4n) is 5.55. The number of aryl methyl sites for hydroxylation is 1. The van der Waals surface area contributed by atoms with Gasteiger partial charge < -0.3 is 24.6 Å². The molecule has 8 heteroatoms. The predicted octanol–water partition coefficient (Wildman–Crippen LogP) is 4.18. The van der Waals surface area contributed by atoms with Gasteiger partial charge in [0.05, 0.1) is 36.7 Å². The Balaban J connectivity index is 1.16. The zero-order valence-corrected chi connectivity index (χ0v) is 20.5. The Bertz CT molecular complexity index is 1190. The van der Waals surface area contributed by atoms with E-state index in [2.05, 4.69) is 71.2 Å². The van der Waals surface area contributed by atoms with Crippen molar-refractivity contribution in [3.8, 4) is 11.3 Å². The summed E-state index contributed by atoms with van der Waals surface area (Å²) < 4.78 is 11.6. The first kappa shape index (κ1) is 22.2. The third-order valence-corrected chi connectivity index (χ3v) is 7.11. The van der Waals surface area contributed by atoms with Crippen LogP contribution < -0.4 is 15.1 Å². The van der Waals surface area contributed by atoms with E-state index in [0.29, 0.717) is 18.1 Å². The van der Waals surface area contributed by atoms with Gasteiger partial charge in [0.15, 0.2) is 0 Å². The summed E-state index contributed by atoms with van der Waals surface area (Å²) in [4.78, 5) is 18.7. The standard InChI is InChI=1S/C27H32N6O2/c1-17-10-21(5-6-25(17)33-15-23-11-22(33)16-34-23)30-27-28-9-8-24(31-27)20-4-7-26(29-12-20)32-13-18(2)35-19(3)14-32/h4-10,12,18-19,22-23H,11,13-16H2,1-3H3,(H,28,30,31)/t18?,19?,22-,23-/m0/s1. The highest BCUT2D eigenvalue weighted by atomic mass is 16.5. The molecular weight excluding hydrogens is 440 g/mol. The number of rotatable bonds is 5. The molecule has 2 bridgehead atoms. The fourth-order valence-corrected chi connectivity index (χ4v) is 5.55. The van der Waals surface area contributed by atoms with Crippen LogP contribution in [0.4, 0.5) is 23.1 Å². The van der Waals surface area contributed by atoms with E-state index in [4.69, 9.17) is 19.4 Å². The molecule has 0 aliphatic carbocycles. The van der Waals surface area contributed by atoms with Crippen LogP contribution in [-0.2, 0) is 9.47 Å². The molecule has 0 saturated carbocycles. The lowest BCUT2D eigenvalue weighted by atomic mass is 10.1. The second kappa shape index (κ2) is 9.09. The fraction of sp³-hybridized carbons (Fsp3) is 0.444. The molecule has 35 heavy (non-hydrogen) atoms. The minimum absolute atomic E-state index is 0.202. The summed E-state index contributed by atoms with van der Waals surface area (Å²) in [6, 6.07) is 13.0. The number of benzene rings is 1. The minimum atomic E-state index is 0.202. The molecule has 5 heterocycles. The van der Waals surface area contributed by atoms with Gasteiger partial charge >= 0.3 is 0 Å². The van der Waals surface area contributed by atoms with Crippen LogP contribution in [0.1, 0.15) is 25.8 Å². The van der Waals surface area contributed by atoms with E-state index in [1.807, 2.05) is 12.3 Å². The third kappa shape index (κ3) is 4.56. The van der Waals surface area contributed by atoms with Crippen LogP contribution in [0.15, 0.2) is 48.8 Å². The highest BCUT2D eigenvalue weighted by molar-refractivity contribution is 5.66. The molecule has 2 aromatic heterocycles. The summed E-state index contributed by atoms with van der Waals surface area (Å²) in [6.07, 6.45) is 5.60. The minimum Gasteiger partial charge on any atom is -0.374 e. The molecule has 4 atom stereocenters. The molecular formula is C27H32N6O2. The average Bonchev–Trinajstić information content (AvgIpc) is 3.48. The Morgan fingerprint density at radius 1 is 1.00 bits per heavy atom. The van der Waals surface area contributed by atoms with Crippen molar-refractivity contribution in [3.05, 3.63) is 54.4 Å². The lowest BCUT2D eigenvalue weighted by molar-refractivity contribution is -0.00545. The largest absolute Gasteiger partial charge is 0.374 e. The van der Waals surface area contributed by atoms with Crippen LogP contribution in [0, 0.1) is 6.92 Å². The van der Waals surface area contributed by atoms with Gasteiger partial charge in [-0.15, -0.1) is 0 Å². The Morgan fingerprint density at radius 3 is 2.54 bits per heavy atom. The van der Waals surface area contributed by atoms with Gasteiger partial charge in [0.25, 0.3) is 0 Å². The summed E-state index contributed by atoms with van der Waals surface area (Å²) in [7, 11) is 0. The van der Waals surface area contributed by atoms with Crippen molar-refractivity contribution in [3.63, 3.8) is 0 Å². The number of hydrogen-bond acceptors (Lipinski definition) is 8. The molecule has 0 amide bonds. The first-order valence-corrected chi connectivity index (χ1v) is 12.5. The maximum Gasteiger partial charge on any atom is 0.227 e. The molecule has 3 aromatic rings. The number of ether oxygens (including phenoxy) is 2. The SMILES string of the molecule is Cc1cc(Nc2nccc(-c3ccc(N4CC(C)OC(C)C4)nc3)n2)ccc1N1C[C@@H]2C[C@H]1CO2. The molecule has 0 radical (unpaired) electrons. The lowest BCUT2D eigenvalue weighted by Gasteiger charge is -2.36.